The lowest BCUT2D eigenvalue weighted by atomic mass is 10.1. The molecule has 1 aliphatic heterocycles. The van der Waals surface area contributed by atoms with Gasteiger partial charge < -0.3 is 14.5 Å². The predicted molar refractivity (Wildman–Crippen MR) is 97.2 cm³/mol. The number of aryl methyl sites for hydroxylation is 1. The SMILES string of the molecule is Cc1cc(OCCCN2CCN(C)CC2)c(Cl)c(C)c1Cl.Cl. The van der Waals surface area contributed by atoms with E-state index in [1.54, 1.807) is 0 Å². The summed E-state index contributed by atoms with van der Waals surface area (Å²) in [5.74, 6) is 0.745. The molecule has 0 saturated carbocycles. The van der Waals surface area contributed by atoms with Crippen molar-refractivity contribution < 1.29 is 4.74 Å². The van der Waals surface area contributed by atoms with Gasteiger partial charge in [-0.1, -0.05) is 23.2 Å². The van der Waals surface area contributed by atoms with E-state index in [-0.39, 0.29) is 12.4 Å². The van der Waals surface area contributed by atoms with Crippen LogP contribution in [0.2, 0.25) is 10.0 Å². The minimum Gasteiger partial charge on any atom is -0.492 e. The standard InChI is InChI=1S/C16H24Cl2N2O.ClH/c1-12-11-14(16(18)13(2)15(12)17)21-10-4-5-20-8-6-19(3)7-9-20;/h11H,4-10H2,1-3H3;1H. The summed E-state index contributed by atoms with van der Waals surface area (Å²) in [6.45, 7) is 10.3. The highest BCUT2D eigenvalue weighted by Gasteiger charge is 2.14. The van der Waals surface area contributed by atoms with Crippen LogP contribution in [0.4, 0.5) is 0 Å². The molecule has 0 N–H and O–H groups in total. The molecule has 0 aliphatic carbocycles. The molecule has 1 aromatic rings. The first-order valence-corrected chi connectivity index (χ1v) is 8.23. The second-order valence-corrected chi connectivity index (χ2v) is 6.55. The van der Waals surface area contributed by atoms with Crippen molar-refractivity contribution in [3.63, 3.8) is 0 Å². The largest absolute Gasteiger partial charge is 0.492 e. The maximum atomic E-state index is 6.29. The third kappa shape index (κ3) is 5.17. The van der Waals surface area contributed by atoms with Gasteiger partial charge in [-0.15, -0.1) is 12.4 Å². The van der Waals surface area contributed by atoms with E-state index in [1.165, 1.54) is 0 Å². The number of rotatable bonds is 5. The number of piperazine rings is 1. The number of ether oxygens (including phenoxy) is 1. The third-order valence-electron chi connectivity index (χ3n) is 4.04. The van der Waals surface area contributed by atoms with Crippen LogP contribution in [0, 0.1) is 13.8 Å². The van der Waals surface area contributed by atoms with E-state index < -0.39 is 0 Å². The minimum absolute atomic E-state index is 0. The second kappa shape index (κ2) is 9.19. The van der Waals surface area contributed by atoms with E-state index >= 15 is 0 Å². The Hall–Kier alpha value is -0.190. The van der Waals surface area contributed by atoms with E-state index in [0.29, 0.717) is 11.6 Å². The van der Waals surface area contributed by atoms with Gasteiger partial charge in [0.1, 0.15) is 5.75 Å². The number of halogens is 3. The molecule has 0 unspecified atom stereocenters. The van der Waals surface area contributed by atoms with Crippen LogP contribution in [0.1, 0.15) is 17.5 Å². The average molecular weight is 368 g/mol. The Morgan fingerprint density at radius 1 is 1.09 bits per heavy atom. The van der Waals surface area contributed by atoms with Gasteiger partial charge in [0.15, 0.2) is 0 Å². The fourth-order valence-corrected chi connectivity index (χ4v) is 2.95. The highest BCUT2D eigenvalue weighted by atomic mass is 35.5. The lowest BCUT2D eigenvalue weighted by Crippen LogP contribution is -2.44. The summed E-state index contributed by atoms with van der Waals surface area (Å²) in [4.78, 5) is 4.86. The fourth-order valence-electron chi connectivity index (χ4n) is 2.55. The molecule has 1 fully saturated rings. The minimum atomic E-state index is 0. The molecule has 0 aromatic heterocycles. The highest BCUT2D eigenvalue weighted by Crippen LogP contribution is 2.35. The number of hydrogen-bond donors (Lipinski definition) is 0. The quantitative estimate of drug-likeness (QED) is 0.730. The van der Waals surface area contributed by atoms with Crippen LogP contribution >= 0.6 is 35.6 Å². The van der Waals surface area contributed by atoms with Gasteiger partial charge in [-0.25, -0.2) is 0 Å². The third-order valence-corrected chi connectivity index (χ3v) is 5.09. The Balaban J connectivity index is 0.00000242. The molecule has 0 spiro atoms. The van der Waals surface area contributed by atoms with Gasteiger partial charge in [0.2, 0.25) is 0 Å². The Morgan fingerprint density at radius 2 is 1.73 bits per heavy atom. The Labute approximate surface area is 149 Å². The predicted octanol–water partition coefficient (Wildman–Crippen LogP) is 4.05. The van der Waals surface area contributed by atoms with Gasteiger partial charge in [-0.2, -0.15) is 0 Å². The Bertz CT molecular complexity index is 489. The van der Waals surface area contributed by atoms with Crippen molar-refractivity contribution in [2.75, 3.05) is 46.4 Å². The molecule has 1 aromatic carbocycles. The van der Waals surface area contributed by atoms with Gasteiger partial charge in [-0.3, -0.25) is 0 Å². The maximum absolute atomic E-state index is 6.29. The lowest BCUT2D eigenvalue weighted by molar-refractivity contribution is 0.145. The number of likely N-dealkylation sites (N-methyl/N-ethyl adjacent to an activating group) is 1. The summed E-state index contributed by atoms with van der Waals surface area (Å²) >= 11 is 12.5. The molecule has 0 amide bonds. The molecule has 1 aliphatic rings. The Kier molecular flexibility index (Phi) is 8.29. The summed E-state index contributed by atoms with van der Waals surface area (Å²) < 4.78 is 5.84. The van der Waals surface area contributed by atoms with Crippen LogP contribution in [0.3, 0.4) is 0 Å². The molecule has 1 heterocycles. The summed E-state index contributed by atoms with van der Waals surface area (Å²) in [5.41, 5.74) is 1.90. The number of nitrogens with zero attached hydrogens (tertiary/aromatic N) is 2. The van der Waals surface area contributed by atoms with Gasteiger partial charge in [-0.05, 0) is 44.5 Å². The average Bonchev–Trinajstić information content (AvgIpc) is 2.48. The van der Waals surface area contributed by atoms with Crippen molar-refractivity contribution in [1.82, 2.24) is 9.80 Å². The van der Waals surface area contributed by atoms with Crippen LogP contribution in [0.15, 0.2) is 6.07 Å². The van der Waals surface area contributed by atoms with Crippen LogP contribution in [0.25, 0.3) is 0 Å². The molecule has 6 heteroatoms. The highest BCUT2D eigenvalue weighted by molar-refractivity contribution is 6.37. The number of hydrogen-bond acceptors (Lipinski definition) is 3. The topological polar surface area (TPSA) is 15.7 Å². The van der Waals surface area contributed by atoms with E-state index in [0.717, 1.165) is 61.0 Å². The van der Waals surface area contributed by atoms with Crippen LogP contribution < -0.4 is 4.74 Å². The first-order valence-electron chi connectivity index (χ1n) is 7.48. The van der Waals surface area contributed by atoms with E-state index in [1.807, 2.05) is 19.9 Å². The summed E-state index contributed by atoms with van der Waals surface area (Å²) in [5, 5.41) is 1.36. The summed E-state index contributed by atoms with van der Waals surface area (Å²) in [6.07, 6.45) is 1.01. The van der Waals surface area contributed by atoms with Gasteiger partial charge in [0.25, 0.3) is 0 Å². The summed E-state index contributed by atoms with van der Waals surface area (Å²) in [7, 11) is 2.17. The zero-order valence-electron chi connectivity index (χ0n) is 13.5. The first-order chi connectivity index (χ1) is 9.99. The molecule has 0 bridgehead atoms. The van der Waals surface area contributed by atoms with Crippen molar-refractivity contribution in [3.8, 4) is 5.75 Å². The van der Waals surface area contributed by atoms with E-state index in [2.05, 4.69) is 16.8 Å². The maximum Gasteiger partial charge on any atom is 0.138 e. The molecular formula is C16H25Cl3N2O. The van der Waals surface area contributed by atoms with Crippen molar-refractivity contribution in [2.24, 2.45) is 0 Å². The van der Waals surface area contributed by atoms with E-state index in [9.17, 15) is 0 Å². The zero-order valence-corrected chi connectivity index (χ0v) is 15.8. The van der Waals surface area contributed by atoms with Crippen LogP contribution in [0.5, 0.6) is 5.75 Å². The zero-order chi connectivity index (χ0) is 15.4. The van der Waals surface area contributed by atoms with Crippen molar-refractivity contribution in [3.05, 3.63) is 27.2 Å². The number of benzene rings is 1. The van der Waals surface area contributed by atoms with Crippen molar-refractivity contribution in [2.45, 2.75) is 20.3 Å². The molecule has 3 nitrogen and oxygen atoms in total. The van der Waals surface area contributed by atoms with Crippen molar-refractivity contribution in [1.29, 1.82) is 0 Å². The van der Waals surface area contributed by atoms with Crippen molar-refractivity contribution >= 4 is 35.6 Å². The molecule has 2 rings (SSSR count). The monoisotopic (exact) mass is 366 g/mol. The molecule has 0 radical (unpaired) electrons. The fraction of sp³-hybridized carbons (Fsp3) is 0.625. The van der Waals surface area contributed by atoms with Gasteiger partial charge >= 0.3 is 0 Å². The molecule has 0 atom stereocenters. The Morgan fingerprint density at radius 3 is 2.36 bits per heavy atom. The second-order valence-electron chi connectivity index (χ2n) is 5.79. The van der Waals surface area contributed by atoms with Gasteiger partial charge in [0, 0.05) is 37.7 Å². The normalized spacial score (nSPS) is 16.4. The van der Waals surface area contributed by atoms with E-state index in [4.69, 9.17) is 27.9 Å². The van der Waals surface area contributed by atoms with Crippen LogP contribution in [-0.4, -0.2) is 56.2 Å². The summed E-state index contributed by atoms with van der Waals surface area (Å²) in [6, 6.07) is 1.92. The van der Waals surface area contributed by atoms with Gasteiger partial charge in [0.05, 0.1) is 11.6 Å². The smallest absolute Gasteiger partial charge is 0.138 e. The lowest BCUT2D eigenvalue weighted by Gasteiger charge is -2.32. The molecule has 126 valence electrons. The molecule has 1 saturated heterocycles. The molecule has 22 heavy (non-hydrogen) atoms. The first kappa shape index (κ1) is 19.9. The van der Waals surface area contributed by atoms with Crippen LogP contribution in [-0.2, 0) is 0 Å². The molecular weight excluding hydrogens is 343 g/mol.